The van der Waals surface area contributed by atoms with E-state index in [-0.39, 0.29) is 4.90 Å². The first-order chi connectivity index (χ1) is 13.9. The zero-order valence-electron chi connectivity index (χ0n) is 15.5. The Balaban J connectivity index is 1.56. The van der Waals surface area contributed by atoms with Crippen LogP contribution in [0.2, 0.25) is 10.0 Å². The molecule has 0 radical (unpaired) electrons. The molecule has 3 aromatic rings. The third-order valence-electron chi connectivity index (χ3n) is 4.87. The molecular formula is C19H18Cl2N4O3S. The van der Waals surface area contributed by atoms with Crippen molar-refractivity contribution in [3.8, 4) is 5.75 Å². The van der Waals surface area contributed by atoms with Crippen LogP contribution in [0.15, 0.2) is 47.6 Å². The number of methoxy groups -OCH3 is 1. The topological polar surface area (TPSA) is 75.6 Å². The average molecular weight is 453 g/mol. The van der Waals surface area contributed by atoms with Gasteiger partial charge >= 0.3 is 0 Å². The normalized spacial score (nSPS) is 15.6. The Kier molecular flexibility index (Phi) is 5.52. The van der Waals surface area contributed by atoms with Gasteiger partial charge in [-0.3, -0.25) is 0 Å². The highest BCUT2D eigenvalue weighted by atomic mass is 35.5. The monoisotopic (exact) mass is 452 g/mol. The number of nitrogens with zero attached hydrogens (tertiary/aromatic N) is 4. The lowest BCUT2D eigenvalue weighted by atomic mass is 10.2. The van der Waals surface area contributed by atoms with Crippen LogP contribution in [0.5, 0.6) is 5.75 Å². The molecule has 0 bridgehead atoms. The molecule has 1 aliphatic rings. The molecule has 0 atom stereocenters. The zero-order valence-corrected chi connectivity index (χ0v) is 17.9. The molecule has 0 spiro atoms. The number of rotatable bonds is 4. The standard InChI is InChI=1S/C19H18Cl2N4O3S/c1-28-14-2-4-15(5-3-14)29(26,27)25-8-6-24(7-9-25)19-16-10-13(20)11-17(21)18(16)22-12-23-19/h2-5,10-12H,6-9H2,1H3. The highest BCUT2D eigenvalue weighted by Gasteiger charge is 2.29. The van der Waals surface area contributed by atoms with Crippen LogP contribution in [0.4, 0.5) is 5.82 Å². The summed E-state index contributed by atoms with van der Waals surface area (Å²) in [5.74, 6) is 1.31. The van der Waals surface area contributed by atoms with Gasteiger partial charge in [0.25, 0.3) is 0 Å². The van der Waals surface area contributed by atoms with Crippen LogP contribution in [0.1, 0.15) is 0 Å². The summed E-state index contributed by atoms with van der Waals surface area (Å²) in [6.45, 7) is 1.67. The summed E-state index contributed by atoms with van der Waals surface area (Å²) in [4.78, 5) is 10.9. The number of sulfonamides is 1. The van der Waals surface area contributed by atoms with Crippen LogP contribution in [0.25, 0.3) is 10.9 Å². The average Bonchev–Trinajstić information content (AvgIpc) is 2.73. The molecule has 7 nitrogen and oxygen atoms in total. The van der Waals surface area contributed by atoms with E-state index in [9.17, 15) is 8.42 Å². The predicted molar refractivity (Wildman–Crippen MR) is 114 cm³/mol. The molecule has 0 saturated carbocycles. The van der Waals surface area contributed by atoms with Crippen molar-refractivity contribution in [2.75, 3.05) is 38.2 Å². The zero-order chi connectivity index (χ0) is 20.6. The maximum atomic E-state index is 12.9. The molecule has 1 aliphatic heterocycles. The van der Waals surface area contributed by atoms with Gasteiger partial charge in [-0.2, -0.15) is 4.31 Å². The van der Waals surface area contributed by atoms with E-state index < -0.39 is 10.0 Å². The van der Waals surface area contributed by atoms with Crippen molar-refractivity contribution in [1.29, 1.82) is 0 Å². The van der Waals surface area contributed by atoms with Crippen molar-refractivity contribution in [2.24, 2.45) is 0 Å². The van der Waals surface area contributed by atoms with E-state index >= 15 is 0 Å². The van der Waals surface area contributed by atoms with Gasteiger partial charge in [0.15, 0.2) is 0 Å². The second-order valence-corrected chi connectivity index (χ2v) is 9.33. The fourth-order valence-corrected chi connectivity index (χ4v) is 5.33. The minimum Gasteiger partial charge on any atom is -0.497 e. The Labute approximate surface area is 178 Å². The van der Waals surface area contributed by atoms with Crippen LogP contribution in [0.3, 0.4) is 0 Å². The maximum absolute atomic E-state index is 12.9. The minimum absolute atomic E-state index is 0.248. The van der Waals surface area contributed by atoms with Crippen LogP contribution in [0, 0.1) is 0 Å². The van der Waals surface area contributed by atoms with Gasteiger partial charge in [0, 0.05) is 36.6 Å². The van der Waals surface area contributed by atoms with Crippen molar-refractivity contribution >= 4 is 49.9 Å². The third-order valence-corrected chi connectivity index (χ3v) is 7.29. The summed E-state index contributed by atoms with van der Waals surface area (Å²) in [7, 11) is -2.03. The van der Waals surface area contributed by atoms with Gasteiger partial charge in [-0.1, -0.05) is 23.2 Å². The van der Waals surface area contributed by atoms with Gasteiger partial charge in [-0.15, -0.1) is 0 Å². The highest BCUT2D eigenvalue weighted by Crippen LogP contribution is 2.32. The van der Waals surface area contributed by atoms with Crippen LogP contribution < -0.4 is 9.64 Å². The fourth-order valence-electron chi connectivity index (χ4n) is 3.37. The van der Waals surface area contributed by atoms with Crippen molar-refractivity contribution in [2.45, 2.75) is 4.90 Å². The number of hydrogen-bond acceptors (Lipinski definition) is 6. The second-order valence-electron chi connectivity index (χ2n) is 6.55. The molecule has 1 saturated heterocycles. The van der Waals surface area contributed by atoms with Gasteiger partial charge in [0.1, 0.15) is 17.9 Å². The number of halogens is 2. The minimum atomic E-state index is -3.57. The fraction of sp³-hybridized carbons (Fsp3) is 0.263. The molecular weight excluding hydrogens is 435 g/mol. The number of aromatic nitrogens is 2. The Bertz CT molecular complexity index is 1150. The molecule has 1 fully saturated rings. The number of fused-ring (bicyclic) bond motifs is 1. The smallest absolute Gasteiger partial charge is 0.243 e. The lowest BCUT2D eigenvalue weighted by Gasteiger charge is -2.35. The molecule has 10 heteroatoms. The van der Waals surface area contributed by atoms with Crippen molar-refractivity contribution in [1.82, 2.24) is 14.3 Å². The number of ether oxygens (including phenoxy) is 1. The molecule has 2 heterocycles. The lowest BCUT2D eigenvalue weighted by molar-refractivity contribution is 0.384. The Morgan fingerprint density at radius 1 is 1.00 bits per heavy atom. The van der Waals surface area contributed by atoms with Crippen molar-refractivity contribution in [3.05, 3.63) is 52.8 Å². The first kappa shape index (κ1) is 20.2. The number of piperazine rings is 1. The van der Waals surface area contributed by atoms with Crippen LogP contribution in [-0.4, -0.2) is 56.0 Å². The summed E-state index contributed by atoms with van der Waals surface area (Å²) in [5, 5.41) is 1.70. The molecule has 0 aliphatic carbocycles. The van der Waals surface area contributed by atoms with E-state index in [0.717, 1.165) is 5.39 Å². The Morgan fingerprint density at radius 3 is 2.34 bits per heavy atom. The van der Waals surface area contributed by atoms with Gasteiger partial charge in [0.05, 0.1) is 22.5 Å². The Hall–Kier alpha value is -2.13. The summed E-state index contributed by atoms with van der Waals surface area (Å²) >= 11 is 12.4. The SMILES string of the molecule is COc1ccc(S(=O)(=O)N2CCN(c3ncnc4c(Cl)cc(Cl)cc34)CC2)cc1. The van der Waals surface area contributed by atoms with Gasteiger partial charge in [-0.05, 0) is 36.4 Å². The molecule has 2 aromatic carbocycles. The lowest BCUT2D eigenvalue weighted by Crippen LogP contribution is -2.49. The first-order valence-corrected chi connectivity index (χ1v) is 11.1. The van der Waals surface area contributed by atoms with Gasteiger partial charge in [0.2, 0.25) is 10.0 Å². The predicted octanol–water partition coefficient (Wildman–Crippen LogP) is 3.46. The number of benzene rings is 2. The molecule has 0 unspecified atom stereocenters. The highest BCUT2D eigenvalue weighted by molar-refractivity contribution is 7.89. The molecule has 0 amide bonds. The molecule has 0 N–H and O–H groups in total. The molecule has 1 aromatic heterocycles. The van der Waals surface area contributed by atoms with E-state index in [4.69, 9.17) is 27.9 Å². The van der Waals surface area contributed by atoms with E-state index in [1.54, 1.807) is 43.5 Å². The van der Waals surface area contributed by atoms with Crippen molar-refractivity contribution in [3.63, 3.8) is 0 Å². The Morgan fingerprint density at radius 2 is 1.69 bits per heavy atom. The first-order valence-electron chi connectivity index (χ1n) is 8.89. The van der Waals surface area contributed by atoms with E-state index in [2.05, 4.69) is 9.97 Å². The third kappa shape index (κ3) is 3.85. The van der Waals surface area contributed by atoms with Crippen molar-refractivity contribution < 1.29 is 13.2 Å². The summed E-state index contributed by atoms with van der Waals surface area (Å²) in [6.07, 6.45) is 1.46. The maximum Gasteiger partial charge on any atom is 0.243 e. The number of hydrogen-bond donors (Lipinski definition) is 0. The van der Waals surface area contributed by atoms with Crippen LogP contribution in [-0.2, 0) is 10.0 Å². The molecule has 152 valence electrons. The van der Waals surface area contributed by atoms with Crippen LogP contribution >= 0.6 is 23.2 Å². The largest absolute Gasteiger partial charge is 0.497 e. The second kappa shape index (κ2) is 7.95. The quantitative estimate of drug-likeness (QED) is 0.603. The van der Waals surface area contributed by atoms with E-state index in [0.29, 0.717) is 53.3 Å². The van der Waals surface area contributed by atoms with Gasteiger partial charge < -0.3 is 9.64 Å². The summed E-state index contributed by atoms with van der Waals surface area (Å²) < 4.78 is 32.5. The van der Waals surface area contributed by atoms with Gasteiger partial charge in [-0.25, -0.2) is 18.4 Å². The molecule has 29 heavy (non-hydrogen) atoms. The van der Waals surface area contributed by atoms with E-state index in [1.165, 1.54) is 10.6 Å². The summed E-state index contributed by atoms with van der Waals surface area (Å²) in [6, 6.07) is 9.82. The number of anilines is 1. The van der Waals surface area contributed by atoms with E-state index in [1.807, 2.05) is 4.90 Å². The molecule has 4 rings (SSSR count). The summed E-state index contributed by atoms with van der Waals surface area (Å²) in [5.41, 5.74) is 0.620.